The van der Waals surface area contributed by atoms with Gasteiger partial charge >= 0.3 is 6.18 Å². The fourth-order valence-corrected chi connectivity index (χ4v) is 2.07. The Hall–Kier alpha value is -3.49. The summed E-state index contributed by atoms with van der Waals surface area (Å²) in [6.45, 7) is 0. The Balaban J connectivity index is 1.78. The van der Waals surface area contributed by atoms with E-state index in [1.54, 1.807) is 24.3 Å². The summed E-state index contributed by atoms with van der Waals surface area (Å²) in [5.41, 5.74) is -0.133. The van der Waals surface area contributed by atoms with Crippen LogP contribution in [-0.4, -0.2) is 21.4 Å². The number of nitrogens with zero attached hydrogens (tertiary/aromatic N) is 3. The maximum absolute atomic E-state index is 12.6. The SMILES string of the molecule is O=CNc1ccc(Oc2ccnc(-c3ccc(C(F)(F)F)nc3)c2)cn1. The molecule has 0 aliphatic heterocycles. The molecule has 1 N–H and O–H groups in total. The molecule has 1 amide bonds. The minimum Gasteiger partial charge on any atom is -0.456 e. The quantitative estimate of drug-likeness (QED) is 0.698. The average molecular weight is 360 g/mol. The highest BCUT2D eigenvalue weighted by atomic mass is 19.4. The Morgan fingerprint density at radius 2 is 1.81 bits per heavy atom. The fourth-order valence-electron chi connectivity index (χ4n) is 2.07. The number of hydrogen-bond acceptors (Lipinski definition) is 5. The van der Waals surface area contributed by atoms with Crippen molar-refractivity contribution in [1.29, 1.82) is 0 Å². The molecule has 3 aromatic rings. The number of ether oxygens (including phenoxy) is 1. The van der Waals surface area contributed by atoms with Gasteiger partial charge in [0.15, 0.2) is 0 Å². The zero-order valence-electron chi connectivity index (χ0n) is 13.1. The molecule has 0 spiro atoms. The van der Waals surface area contributed by atoms with E-state index < -0.39 is 11.9 Å². The van der Waals surface area contributed by atoms with Crippen molar-refractivity contribution in [2.24, 2.45) is 0 Å². The zero-order valence-corrected chi connectivity index (χ0v) is 13.1. The Labute approximate surface area is 145 Å². The van der Waals surface area contributed by atoms with Gasteiger partial charge in [-0.1, -0.05) is 0 Å². The number of rotatable bonds is 5. The van der Waals surface area contributed by atoms with E-state index in [9.17, 15) is 18.0 Å². The van der Waals surface area contributed by atoms with Gasteiger partial charge in [-0.05, 0) is 30.3 Å². The maximum Gasteiger partial charge on any atom is 0.433 e. The molecule has 0 aliphatic rings. The van der Waals surface area contributed by atoms with Crippen LogP contribution in [0.15, 0.2) is 55.0 Å². The van der Waals surface area contributed by atoms with Crippen molar-refractivity contribution >= 4 is 12.2 Å². The Kier molecular flexibility index (Phi) is 4.78. The molecule has 9 heteroatoms. The molecular formula is C17H11F3N4O2. The molecule has 0 unspecified atom stereocenters. The third kappa shape index (κ3) is 4.12. The fraction of sp³-hybridized carbons (Fsp3) is 0.0588. The smallest absolute Gasteiger partial charge is 0.433 e. The van der Waals surface area contributed by atoms with Gasteiger partial charge in [-0.2, -0.15) is 13.2 Å². The van der Waals surface area contributed by atoms with Crippen LogP contribution in [0.3, 0.4) is 0 Å². The minimum absolute atomic E-state index is 0.374. The highest BCUT2D eigenvalue weighted by Gasteiger charge is 2.32. The van der Waals surface area contributed by atoms with Crippen molar-refractivity contribution in [2.75, 3.05) is 5.32 Å². The lowest BCUT2D eigenvalue weighted by Gasteiger charge is -2.09. The minimum atomic E-state index is -4.49. The first kappa shape index (κ1) is 17.3. The molecule has 132 valence electrons. The summed E-state index contributed by atoms with van der Waals surface area (Å²) in [7, 11) is 0. The van der Waals surface area contributed by atoms with Crippen molar-refractivity contribution in [1.82, 2.24) is 15.0 Å². The normalized spacial score (nSPS) is 11.0. The first-order valence-corrected chi connectivity index (χ1v) is 7.29. The third-order valence-corrected chi connectivity index (χ3v) is 3.26. The summed E-state index contributed by atoms with van der Waals surface area (Å²) in [6, 6.07) is 8.53. The van der Waals surface area contributed by atoms with E-state index in [0.717, 1.165) is 12.3 Å². The third-order valence-electron chi connectivity index (χ3n) is 3.26. The summed E-state index contributed by atoms with van der Waals surface area (Å²) in [5, 5.41) is 2.40. The summed E-state index contributed by atoms with van der Waals surface area (Å²) >= 11 is 0. The van der Waals surface area contributed by atoms with E-state index in [2.05, 4.69) is 20.3 Å². The molecule has 26 heavy (non-hydrogen) atoms. The number of halogens is 3. The van der Waals surface area contributed by atoms with Crippen LogP contribution in [0.5, 0.6) is 11.5 Å². The molecule has 0 bridgehead atoms. The van der Waals surface area contributed by atoms with Crippen molar-refractivity contribution in [2.45, 2.75) is 6.18 Å². The van der Waals surface area contributed by atoms with Crippen molar-refractivity contribution in [3.63, 3.8) is 0 Å². The second kappa shape index (κ2) is 7.18. The van der Waals surface area contributed by atoms with Gasteiger partial charge in [-0.25, -0.2) is 4.98 Å². The second-order valence-corrected chi connectivity index (χ2v) is 5.05. The van der Waals surface area contributed by atoms with Crippen LogP contribution in [0.25, 0.3) is 11.3 Å². The van der Waals surface area contributed by atoms with E-state index in [-0.39, 0.29) is 0 Å². The number of carbonyl (C=O) groups is 1. The first-order valence-electron chi connectivity index (χ1n) is 7.29. The molecule has 6 nitrogen and oxygen atoms in total. The van der Waals surface area contributed by atoms with E-state index in [1.807, 2.05) is 0 Å². The number of amides is 1. The van der Waals surface area contributed by atoms with E-state index in [4.69, 9.17) is 4.74 Å². The average Bonchev–Trinajstić information content (AvgIpc) is 2.63. The summed E-state index contributed by atoms with van der Waals surface area (Å²) < 4.78 is 43.4. The van der Waals surface area contributed by atoms with Gasteiger partial charge in [0.05, 0.1) is 11.9 Å². The largest absolute Gasteiger partial charge is 0.456 e. The molecule has 3 aromatic heterocycles. The molecule has 0 atom stereocenters. The molecule has 0 saturated heterocycles. The zero-order chi connectivity index (χ0) is 18.6. The van der Waals surface area contributed by atoms with Crippen molar-refractivity contribution < 1.29 is 22.7 Å². The number of anilines is 1. The van der Waals surface area contributed by atoms with Crippen LogP contribution in [0.1, 0.15) is 5.69 Å². The molecular weight excluding hydrogens is 349 g/mol. The Bertz CT molecular complexity index is 897. The van der Waals surface area contributed by atoms with Gasteiger partial charge in [-0.3, -0.25) is 14.8 Å². The van der Waals surface area contributed by atoms with Crippen LogP contribution in [0.2, 0.25) is 0 Å². The van der Waals surface area contributed by atoms with Gasteiger partial charge < -0.3 is 10.1 Å². The van der Waals surface area contributed by atoms with E-state index in [0.29, 0.717) is 35.0 Å². The summed E-state index contributed by atoms with van der Waals surface area (Å²) in [5.74, 6) is 1.22. The number of aromatic nitrogens is 3. The van der Waals surface area contributed by atoms with Gasteiger partial charge in [0.25, 0.3) is 0 Å². The topological polar surface area (TPSA) is 77.0 Å². The molecule has 0 radical (unpaired) electrons. The lowest BCUT2D eigenvalue weighted by atomic mass is 10.1. The van der Waals surface area contributed by atoms with Crippen LogP contribution in [0, 0.1) is 0 Å². The van der Waals surface area contributed by atoms with E-state index in [1.165, 1.54) is 18.5 Å². The monoisotopic (exact) mass is 360 g/mol. The van der Waals surface area contributed by atoms with Gasteiger partial charge in [0.1, 0.15) is 23.0 Å². The number of alkyl halides is 3. The highest BCUT2D eigenvalue weighted by Crippen LogP contribution is 2.30. The molecule has 3 heterocycles. The molecule has 3 rings (SSSR count). The van der Waals surface area contributed by atoms with E-state index >= 15 is 0 Å². The van der Waals surface area contributed by atoms with Crippen LogP contribution >= 0.6 is 0 Å². The van der Waals surface area contributed by atoms with Gasteiger partial charge in [-0.15, -0.1) is 0 Å². The number of nitrogens with one attached hydrogen (secondary N) is 1. The summed E-state index contributed by atoms with van der Waals surface area (Å²) in [4.78, 5) is 21.9. The Morgan fingerprint density at radius 1 is 0.962 bits per heavy atom. The van der Waals surface area contributed by atoms with Crippen molar-refractivity contribution in [3.8, 4) is 22.8 Å². The number of pyridine rings is 3. The maximum atomic E-state index is 12.6. The van der Waals surface area contributed by atoms with Gasteiger partial charge in [0.2, 0.25) is 6.41 Å². The number of carbonyl (C=O) groups excluding carboxylic acids is 1. The Morgan fingerprint density at radius 3 is 2.42 bits per heavy atom. The molecule has 0 saturated carbocycles. The van der Waals surface area contributed by atoms with Crippen LogP contribution < -0.4 is 10.1 Å². The van der Waals surface area contributed by atoms with Crippen molar-refractivity contribution in [3.05, 3.63) is 60.7 Å². The predicted octanol–water partition coefficient (Wildman–Crippen LogP) is 3.92. The molecule has 0 fully saturated rings. The van der Waals surface area contributed by atoms with Crippen LogP contribution in [-0.2, 0) is 11.0 Å². The van der Waals surface area contributed by atoms with Crippen LogP contribution in [0.4, 0.5) is 19.0 Å². The highest BCUT2D eigenvalue weighted by molar-refractivity contribution is 5.68. The summed E-state index contributed by atoms with van der Waals surface area (Å²) in [6.07, 6.45) is 0.0188. The lowest BCUT2D eigenvalue weighted by molar-refractivity contribution is -0.141. The van der Waals surface area contributed by atoms with Gasteiger partial charge in [0, 0.05) is 24.0 Å². The standard InChI is InChI=1S/C17H11F3N4O2/c18-17(19,20)15-3-1-11(8-22-15)14-7-12(5-6-21-14)26-13-2-4-16(23-9-13)24-10-25/h1-10H,(H,23,24,25). The first-order chi connectivity index (χ1) is 12.5. The number of hydrogen-bond donors (Lipinski definition) is 1. The predicted molar refractivity (Wildman–Crippen MR) is 86.5 cm³/mol. The molecule has 0 aromatic carbocycles. The lowest BCUT2D eigenvalue weighted by Crippen LogP contribution is -2.07. The second-order valence-electron chi connectivity index (χ2n) is 5.05. The molecule has 0 aliphatic carbocycles.